The molecule has 0 fully saturated rings. The number of para-hydroxylation sites is 2. The van der Waals surface area contributed by atoms with Crippen LogP contribution in [-0.2, 0) is 16.0 Å². The summed E-state index contributed by atoms with van der Waals surface area (Å²) in [4.78, 5) is 25.6. The number of hydrogen-bond acceptors (Lipinski definition) is 3. The molecule has 124 valence electrons. The van der Waals surface area contributed by atoms with Crippen molar-refractivity contribution in [2.75, 3.05) is 4.90 Å². The molecular weight excluding hydrogens is 304 g/mol. The van der Waals surface area contributed by atoms with Crippen LogP contribution in [-0.4, -0.2) is 12.0 Å². The molecule has 1 aliphatic rings. The Hall–Kier alpha value is -2.82. The smallest absolute Gasteiger partial charge is 0.323 e. The fraction of sp³-hybridized carbons (Fsp3) is 0.263. The highest BCUT2D eigenvalue weighted by molar-refractivity contribution is 6.00. The van der Waals surface area contributed by atoms with E-state index >= 15 is 0 Å². The molecular formula is C19H20N2O3. The zero-order valence-corrected chi connectivity index (χ0v) is 13.6. The van der Waals surface area contributed by atoms with Gasteiger partial charge in [-0.05, 0) is 24.1 Å². The topological polar surface area (TPSA) is 72.6 Å². The van der Waals surface area contributed by atoms with Gasteiger partial charge in [0.15, 0.2) is 0 Å². The second kappa shape index (κ2) is 6.74. The lowest BCUT2D eigenvalue weighted by Gasteiger charge is -2.23. The molecule has 3 rings (SSSR count). The maximum absolute atomic E-state index is 12.1. The Morgan fingerprint density at radius 1 is 1.12 bits per heavy atom. The molecule has 1 heterocycles. The standard InChI is InChI=1S/C19H20N2O3/c1-2-7-18(22)24-17-12-13-8-3-5-10-15(13)21(19(20)23)16-11-6-4-9-14(16)17/h3-6,8-11,17H,2,7,12H2,1H3,(H2,20,23)/t17-/m0/s1. The zero-order valence-electron chi connectivity index (χ0n) is 13.6. The van der Waals surface area contributed by atoms with Crippen LogP contribution in [0.15, 0.2) is 48.5 Å². The van der Waals surface area contributed by atoms with Crippen LogP contribution >= 0.6 is 0 Å². The minimum atomic E-state index is -0.560. The first kappa shape index (κ1) is 16.1. The second-order valence-corrected chi connectivity index (χ2v) is 5.79. The van der Waals surface area contributed by atoms with Crippen LogP contribution in [0.3, 0.4) is 0 Å². The van der Waals surface area contributed by atoms with E-state index in [1.54, 1.807) is 0 Å². The molecule has 1 atom stereocenters. The summed E-state index contributed by atoms with van der Waals surface area (Å²) >= 11 is 0. The number of nitrogens with zero attached hydrogens (tertiary/aromatic N) is 1. The van der Waals surface area contributed by atoms with E-state index in [4.69, 9.17) is 10.5 Å². The molecule has 0 unspecified atom stereocenters. The zero-order chi connectivity index (χ0) is 17.1. The molecule has 24 heavy (non-hydrogen) atoms. The number of anilines is 2. The molecule has 2 aromatic rings. The molecule has 2 aromatic carbocycles. The molecule has 0 saturated carbocycles. The summed E-state index contributed by atoms with van der Waals surface area (Å²) < 4.78 is 5.71. The first-order chi connectivity index (χ1) is 11.6. The Morgan fingerprint density at radius 3 is 2.50 bits per heavy atom. The number of esters is 1. The molecule has 0 spiro atoms. The van der Waals surface area contributed by atoms with E-state index in [1.165, 1.54) is 4.90 Å². The van der Waals surface area contributed by atoms with Crippen molar-refractivity contribution in [2.24, 2.45) is 5.73 Å². The molecule has 2 N–H and O–H groups in total. The lowest BCUT2D eigenvalue weighted by molar-refractivity contribution is -0.149. The largest absolute Gasteiger partial charge is 0.457 e. The van der Waals surface area contributed by atoms with Crippen molar-refractivity contribution >= 4 is 23.4 Å². The fourth-order valence-electron chi connectivity index (χ4n) is 3.07. The highest BCUT2D eigenvalue weighted by atomic mass is 16.5. The third kappa shape index (κ3) is 2.97. The van der Waals surface area contributed by atoms with Crippen molar-refractivity contribution in [1.29, 1.82) is 0 Å². The number of amides is 2. The van der Waals surface area contributed by atoms with Gasteiger partial charge < -0.3 is 10.5 Å². The Morgan fingerprint density at radius 2 is 1.79 bits per heavy atom. The quantitative estimate of drug-likeness (QED) is 0.872. The Labute approximate surface area is 141 Å². The minimum Gasteiger partial charge on any atom is -0.457 e. The fourth-order valence-corrected chi connectivity index (χ4v) is 3.07. The third-order valence-corrected chi connectivity index (χ3v) is 4.11. The molecule has 5 heteroatoms. The second-order valence-electron chi connectivity index (χ2n) is 5.79. The van der Waals surface area contributed by atoms with E-state index < -0.39 is 12.1 Å². The van der Waals surface area contributed by atoms with Gasteiger partial charge in [-0.15, -0.1) is 0 Å². The lowest BCUT2D eigenvalue weighted by atomic mass is 10.0. The lowest BCUT2D eigenvalue weighted by Crippen LogP contribution is -2.32. The molecule has 0 saturated heterocycles. The van der Waals surface area contributed by atoms with Crippen LogP contribution in [0, 0.1) is 0 Å². The van der Waals surface area contributed by atoms with Gasteiger partial charge in [-0.2, -0.15) is 0 Å². The number of carbonyl (C=O) groups excluding carboxylic acids is 2. The molecule has 0 aliphatic carbocycles. The minimum absolute atomic E-state index is 0.234. The summed E-state index contributed by atoms with van der Waals surface area (Å²) in [6.45, 7) is 1.94. The van der Waals surface area contributed by atoms with Crippen molar-refractivity contribution in [3.05, 3.63) is 59.7 Å². The monoisotopic (exact) mass is 324 g/mol. The number of nitrogens with two attached hydrogens (primary N) is 1. The third-order valence-electron chi connectivity index (χ3n) is 4.11. The van der Waals surface area contributed by atoms with E-state index in [0.717, 1.165) is 23.2 Å². The predicted molar refractivity (Wildman–Crippen MR) is 92.1 cm³/mol. The van der Waals surface area contributed by atoms with Crippen molar-refractivity contribution in [3.8, 4) is 0 Å². The molecule has 1 aliphatic heterocycles. The number of hydrogen-bond donors (Lipinski definition) is 1. The summed E-state index contributed by atoms with van der Waals surface area (Å²) in [6.07, 6.45) is 1.18. The first-order valence-electron chi connectivity index (χ1n) is 8.07. The van der Waals surface area contributed by atoms with Gasteiger partial charge in [-0.3, -0.25) is 9.69 Å². The van der Waals surface area contributed by atoms with Gasteiger partial charge in [0.05, 0.1) is 11.4 Å². The number of rotatable bonds is 3. The van der Waals surface area contributed by atoms with Crippen LogP contribution in [0.4, 0.5) is 16.2 Å². The van der Waals surface area contributed by atoms with E-state index in [-0.39, 0.29) is 5.97 Å². The number of ether oxygens (including phenoxy) is 1. The highest BCUT2D eigenvalue weighted by Gasteiger charge is 2.30. The number of benzene rings is 2. The van der Waals surface area contributed by atoms with Gasteiger partial charge in [0, 0.05) is 18.4 Å². The van der Waals surface area contributed by atoms with Crippen LogP contribution in [0.25, 0.3) is 0 Å². The van der Waals surface area contributed by atoms with E-state index in [9.17, 15) is 9.59 Å². The first-order valence-corrected chi connectivity index (χ1v) is 8.07. The average molecular weight is 324 g/mol. The van der Waals surface area contributed by atoms with Crippen molar-refractivity contribution < 1.29 is 14.3 Å². The van der Waals surface area contributed by atoms with Gasteiger partial charge in [-0.1, -0.05) is 43.3 Å². The number of urea groups is 1. The van der Waals surface area contributed by atoms with Crippen molar-refractivity contribution in [3.63, 3.8) is 0 Å². The Bertz CT molecular complexity index is 773. The van der Waals surface area contributed by atoms with Gasteiger partial charge in [0.25, 0.3) is 0 Å². The van der Waals surface area contributed by atoms with E-state index in [0.29, 0.717) is 18.5 Å². The van der Waals surface area contributed by atoms with Crippen LogP contribution in [0.1, 0.15) is 37.0 Å². The molecule has 2 amide bonds. The summed E-state index contributed by atoms with van der Waals surface area (Å²) in [5.41, 5.74) is 8.73. The van der Waals surface area contributed by atoms with E-state index in [1.807, 2.05) is 55.5 Å². The summed E-state index contributed by atoms with van der Waals surface area (Å²) in [7, 11) is 0. The van der Waals surface area contributed by atoms with Crippen LogP contribution in [0.2, 0.25) is 0 Å². The summed E-state index contributed by atoms with van der Waals surface area (Å²) in [6, 6.07) is 14.4. The van der Waals surface area contributed by atoms with E-state index in [2.05, 4.69) is 0 Å². The number of primary amides is 1. The Balaban J connectivity index is 2.12. The Kier molecular flexibility index (Phi) is 4.51. The molecule has 0 radical (unpaired) electrons. The van der Waals surface area contributed by atoms with Crippen molar-refractivity contribution in [2.45, 2.75) is 32.3 Å². The number of carbonyl (C=O) groups is 2. The van der Waals surface area contributed by atoms with Gasteiger partial charge in [0.1, 0.15) is 6.10 Å². The van der Waals surface area contributed by atoms with Gasteiger partial charge in [0.2, 0.25) is 0 Å². The number of fused-ring (bicyclic) bond motifs is 2. The molecule has 0 bridgehead atoms. The molecule has 0 aromatic heterocycles. The maximum atomic E-state index is 12.1. The van der Waals surface area contributed by atoms with Gasteiger partial charge >= 0.3 is 12.0 Å². The summed E-state index contributed by atoms with van der Waals surface area (Å²) in [5.74, 6) is -0.234. The van der Waals surface area contributed by atoms with Gasteiger partial charge in [-0.25, -0.2) is 4.79 Å². The predicted octanol–water partition coefficient (Wildman–Crippen LogP) is 3.84. The van der Waals surface area contributed by atoms with Crippen LogP contribution in [0.5, 0.6) is 0 Å². The highest BCUT2D eigenvalue weighted by Crippen LogP contribution is 2.41. The van der Waals surface area contributed by atoms with Crippen LogP contribution < -0.4 is 10.6 Å². The average Bonchev–Trinajstić information content (AvgIpc) is 2.69. The molecule has 5 nitrogen and oxygen atoms in total. The normalized spacial score (nSPS) is 15.9. The maximum Gasteiger partial charge on any atom is 0.323 e. The summed E-state index contributed by atoms with van der Waals surface area (Å²) in [5, 5.41) is 0. The SMILES string of the molecule is CCCC(=O)O[C@H]1Cc2ccccc2N(C(N)=O)c2ccccc21. The van der Waals surface area contributed by atoms with Crippen molar-refractivity contribution in [1.82, 2.24) is 0 Å².